The lowest BCUT2D eigenvalue weighted by Crippen LogP contribution is -2.38. The molecule has 4 nitrogen and oxygen atoms in total. The van der Waals surface area contributed by atoms with E-state index >= 15 is 0 Å². The van der Waals surface area contributed by atoms with Crippen LogP contribution in [0.25, 0.3) is 0 Å². The third kappa shape index (κ3) is 2.50. The predicted octanol–water partition coefficient (Wildman–Crippen LogP) is -0.0604. The molecule has 2 atom stereocenters. The molecule has 1 fully saturated rings. The van der Waals surface area contributed by atoms with Gasteiger partial charge in [-0.1, -0.05) is 0 Å². The number of hydrogen-bond acceptors (Lipinski definition) is 3. The Morgan fingerprint density at radius 3 is 2.67 bits per heavy atom. The number of hydrogen-bond donors (Lipinski definition) is 3. The van der Waals surface area contributed by atoms with E-state index in [1.807, 2.05) is 0 Å². The standard InChI is InChI=1S/C7H14BNO3/c1-8(12)9-6-3-2-5(4-6)7(10)11/h5-6,9,12H,2-4H2,1H3,(H,10,11). The molecule has 68 valence electrons. The van der Waals surface area contributed by atoms with Crippen LogP contribution in [-0.4, -0.2) is 29.2 Å². The first kappa shape index (κ1) is 9.54. The Morgan fingerprint density at radius 2 is 2.25 bits per heavy atom. The van der Waals surface area contributed by atoms with Gasteiger partial charge in [-0.05, 0) is 32.1 Å². The second kappa shape index (κ2) is 3.91. The van der Waals surface area contributed by atoms with Crippen molar-refractivity contribution in [2.75, 3.05) is 0 Å². The summed E-state index contributed by atoms with van der Waals surface area (Å²) in [5.41, 5.74) is 0. The lowest BCUT2D eigenvalue weighted by Gasteiger charge is -2.11. The zero-order valence-electron chi connectivity index (χ0n) is 7.16. The molecule has 5 heteroatoms. The van der Waals surface area contributed by atoms with Crippen LogP contribution in [0.2, 0.25) is 6.82 Å². The topological polar surface area (TPSA) is 69.6 Å². The van der Waals surface area contributed by atoms with Crippen molar-refractivity contribution < 1.29 is 14.9 Å². The zero-order valence-corrected chi connectivity index (χ0v) is 7.16. The average Bonchev–Trinajstić information content (AvgIpc) is 2.34. The number of nitrogens with one attached hydrogen (secondary N) is 1. The van der Waals surface area contributed by atoms with E-state index in [0.717, 1.165) is 12.8 Å². The van der Waals surface area contributed by atoms with E-state index in [4.69, 9.17) is 10.1 Å². The average molecular weight is 171 g/mol. The fourth-order valence-corrected chi connectivity index (χ4v) is 1.70. The van der Waals surface area contributed by atoms with Crippen LogP contribution < -0.4 is 5.23 Å². The SMILES string of the molecule is CB(O)NC1CCC(C(=O)O)C1. The molecule has 0 saturated heterocycles. The summed E-state index contributed by atoms with van der Waals surface area (Å²) >= 11 is 0. The molecule has 0 aromatic rings. The first-order valence-corrected chi connectivity index (χ1v) is 4.26. The lowest BCUT2D eigenvalue weighted by atomic mass is 9.87. The van der Waals surface area contributed by atoms with E-state index in [2.05, 4.69) is 5.23 Å². The van der Waals surface area contributed by atoms with Crippen molar-refractivity contribution in [3.8, 4) is 0 Å². The minimum atomic E-state index is -0.718. The molecule has 12 heavy (non-hydrogen) atoms. The van der Waals surface area contributed by atoms with Gasteiger partial charge < -0.3 is 15.4 Å². The van der Waals surface area contributed by atoms with Crippen LogP contribution in [0.5, 0.6) is 0 Å². The van der Waals surface area contributed by atoms with Crippen LogP contribution in [0, 0.1) is 5.92 Å². The van der Waals surface area contributed by atoms with Gasteiger partial charge >= 0.3 is 13.0 Å². The monoisotopic (exact) mass is 171 g/mol. The van der Waals surface area contributed by atoms with Gasteiger partial charge in [-0.3, -0.25) is 4.79 Å². The molecule has 2 unspecified atom stereocenters. The molecule has 0 bridgehead atoms. The third-order valence-electron chi connectivity index (χ3n) is 2.26. The summed E-state index contributed by atoms with van der Waals surface area (Å²) in [5, 5.41) is 20.6. The second-order valence-electron chi connectivity index (χ2n) is 3.39. The normalized spacial score (nSPS) is 28.8. The zero-order chi connectivity index (χ0) is 9.14. The molecule has 0 aliphatic heterocycles. The molecule has 0 spiro atoms. The van der Waals surface area contributed by atoms with Crippen molar-refractivity contribution >= 4 is 13.0 Å². The highest BCUT2D eigenvalue weighted by Crippen LogP contribution is 2.25. The highest BCUT2D eigenvalue weighted by Gasteiger charge is 2.30. The number of carbonyl (C=O) groups is 1. The Bertz CT molecular complexity index is 174. The Hall–Kier alpha value is -0.545. The van der Waals surface area contributed by atoms with Crippen molar-refractivity contribution in [1.29, 1.82) is 0 Å². The molecular formula is C7H14BNO3. The summed E-state index contributed by atoms with van der Waals surface area (Å²) in [5.74, 6) is -0.939. The second-order valence-corrected chi connectivity index (χ2v) is 3.39. The van der Waals surface area contributed by atoms with Crippen molar-refractivity contribution in [1.82, 2.24) is 5.23 Å². The number of rotatable bonds is 3. The fourth-order valence-electron chi connectivity index (χ4n) is 1.70. The summed E-state index contributed by atoms with van der Waals surface area (Å²) in [6.07, 6.45) is 2.21. The van der Waals surface area contributed by atoms with Gasteiger partial charge in [0.15, 0.2) is 0 Å². The van der Waals surface area contributed by atoms with Crippen molar-refractivity contribution in [2.24, 2.45) is 5.92 Å². The predicted molar refractivity (Wildman–Crippen MR) is 45.7 cm³/mol. The highest BCUT2D eigenvalue weighted by atomic mass is 16.4. The first-order valence-electron chi connectivity index (χ1n) is 4.26. The van der Waals surface area contributed by atoms with Crippen LogP contribution >= 0.6 is 0 Å². The number of carboxylic acid groups (broad SMARTS) is 1. The van der Waals surface area contributed by atoms with Crippen LogP contribution in [0.15, 0.2) is 0 Å². The van der Waals surface area contributed by atoms with Gasteiger partial charge in [0.1, 0.15) is 0 Å². The van der Waals surface area contributed by atoms with Gasteiger partial charge in [0.25, 0.3) is 0 Å². The van der Waals surface area contributed by atoms with Gasteiger partial charge in [0.05, 0.1) is 5.92 Å². The maximum atomic E-state index is 10.5. The molecule has 0 aromatic heterocycles. The molecule has 0 heterocycles. The smallest absolute Gasteiger partial charge is 0.373 e. The summed E-state index contributed by atoms with van der Waals surface area (Å²) < 4.78 is 0. The van der Waals surface area contributed by atoms with Gasteiger partial charge in [0.2, 0.25) is 0 Å². The van der Waals surface area contributed by atoms with E-state index in [1.165, 1.54) is 0 Å². The fraction of sp³-hybridized carbons (Fsp3) is 0.857. The van der Waals surface area contributed by atoms with E-state index < -0.39 is 13.0 Å². The Kier molecular flexibility index (Phi) is 3.11. The van der Waals surface area contributed by atoms with Crippen LogP contribution in [0.4, 0.5) is 0 Å². The van der Waals surface area contributed by atoms with Crippen molar-refractivity contribution in [2.45, 2.75) is 32.1 Å². The third-order valence-corrected chi connectivity index (χ3v) is 2.26. The summed E-state index contributed by atoms with van der Waals surface area (Å²) in [6, 6.07) is 0.172. The van der Waals surface area contributed by atoms with E-state index in [1.54, 1.807) is 6.82 Å². The quantitative estimate of drug-likeness (QED) is 0.520. The van der Waals surface area contributed by atoms with E-state index in [-0.39, 0.29) is 12.0 Å². The number of carboxylic acids is 1. The summed E-state index contributed by atoms with van der Waals surface area (Å²) in [4.78, 5) is 10.5. The van der Waals surface area contributed by atoms with Crippen LogP contribution in [-0.2, 0) is 4.79 Å². The Balaban J connectivity index is 2.30. The van der Waals surface area contributed by atoms with Crippen LogP contribution in [0.1, 0.15) is 19.3 Å². The maximum Gasteiger partial charge on any atom is 0.373 e. The van der Waals surface area contributed by atoms with Gasteiger partial charge in [-0.15, -0.1) is 0 Å². The molecule has 1 aliphatic carbocycles. The van der Waals surface area contributed by atoms with Crippen molar-refractivity contribution in [3.05, 3.63) is 0 Å². The molecule has 1 rings (SSSR count). The summed E-state index contributed by atoms with van der Waals surface area (Å²) in [7, 11) is -0.539. The number of aliphatic carboxylic acids is 1. The summed E-state index contributed by atoms with van der Waals surface area (Å²) in [6.45, 7) is 1.65. The van der Waals surface area contributed by atoms with Gasteiger partial charge in [0, 0.05) is 0 Å². The molecule has 0 aromatic carbocycles. The molecule has 0 amide bonds. The Morgan fingerprint density at radius 1 is 1.58 bits per heavy atom. The highest BCUT2D eigenvalue weighted by molar-refractivity contribution is 6.45. The minimum absolute atomic E-state index is 0.172. The van der Waals surface area contributed by atoms with Crippen molar-refractivity contribution in [3.63, 3.8) is 0 Å². The molecular weight excluding hydrogens is 157 g/mol. The van der Waals surface area contributed by atoms with E-state index in [0.29, 0.717) is 6.42 Å². The first-order chi connectivity index (χ1) is 5.59. The van der Waals surface area contributed by atoms with Gasteiger partial charge in [-0.25, -0.2) is 0 Å². The molecule has 1 aliphatic rings. The molecule has 1 saturated carbocycles. The maximum absolute atomic E-state index is 10.5. The Labute approximate surface area is 72.1 Å². The minimum Gasteiger partial charge on any atom is -0.481 e. The van der Waals surface area contributed by atoms with Gasteiger partial charge in [-0.2, -0.15) is 0 Å². The largest absolute Gasteiger partial charge is 0.481 e. The van der Waals surface area contributed by atoms with E-state index in [9.17, 15) is 4.79 Å². The molecule has 0 radical (unpaired) electrons. The van der Waals surface area contributed by atoms with Crippen LogP contribution in [0.3, 0.4) is 0 Å². The lowest BCUT2D eigenvalue weighted by molar-refractivity contribution is -0.141. The molecule has 3 N–H and O–H groups in total.